The fourth-order valence-corrected chi connectivity index (χ4v) is 2.61. The van der Waals surface area contributed by atoms with E-state index in [0.717, 1.165) is 24.3 Å². The van der Waals surface area contributed by atoms with Crippen LogP contribution in [0.5, 0.6) is 5.75 Å². The van der Waals surface area contributed by atoms with Crippen molar-refractivity contribution in [3.05, 3.63) is 41.5 Å². The molecule has 1 aliphatic rings. The predicted molar refractivity (Wildman–Crippen MR) is 76.1 cm³/mol. The standard InChI is InChI=1S/C15H19N3O3/c1-20-12-6-3-2-5-11(12)9-13-17-14(21-18-13)15(19)7-4-8-16-10-15/h2-3,5-6,16,19H,4,7-10H2,1H3. The second kappa shape index (κ2) is 5.83. The molecule has 2 heterocycles. The topological polar surface area (TPSA) is 80.4 Å². The van der Waals surface area contributed by atoms with Gasteiger partial charge in [0.05, 0.1) is 7.11 Å². The fraction of sp³-hybridized carbons (Fsp3) is 0.467. The number of hydrogen-bond donors (Lipinski definition) is 2. The third kappa shape index (κ3) is 2.91. The zero-order valence-corrected chi connectivity index (χ0v) is 12.0. The number of aliphatic hydroxyl groups is 1. The summed E-state index contributed by atoms with van der Waals surface area (Å²) in [4.78, 5) is 4.35. The van der Waals surface area contributed by atoms with Crippen LogP contribution in [0, 0.1) is 0 Å². The van der Waals surface area contributed by atoms with E-state index in [2.05, 4.69) is 15.5 Å². The monoisotopic (exact) mass is 289 g/mol. The molecule has 1 aromatic heterocycles. The second-order valence-corrected chi connectivity index (χ2v) is 5.32. The highest BCUT2D eigenvalue weighted by Crippen LogP contribution is 2.27. The van der Waals surface area contributed by atoms with E-state index in [0.29, 0.717) is 31.1 Å². The lowest BCUT2D eigenvalue weighted by atomic mass is 9.94. The van der Waals surface area contributed by atoms with Gasteiger partial charge in [0, 0.05) is 18.5 Å². The minimum atomic E-state index is -1.05. The van der Waals surface area contributed by atoms with Crippen LogP contribution in [0.25, 0.3) is 0 Å². The number of ether oxygens (including phenoxy) is 1. The van der Waals surface area contributed by atoms with Crippen molar-refractivity contribution in [2.45, 2.75) is 24.9 Å². The molecule has 0 aliphatic carbocycles. The first-order chi connectivity index (χ1) is 10.2. The van der Waals surface area contributed by atoms with Crippen LogP contribution >= 0.6 is 0 Å². The first-order valence-corrected chi connectivity index (χ1v) is 7.09. The molecule has 1 fully saturated rings. The molecule has 1 aliphatic heterocycles. The lowest BCUT2D eigenvalue weighted by molar-refractivity contribution is -0.0167. The maximum Gasteiger partial charge on any atom is 0.259 e. The Morgan fingerprint density at radius 1 is 1.43 bits per heavy atom. The molecular formula is C15H19N3O3. The number of hydrogen-bond acceptors (Lipinski definition) is 6. The van der Waals surface area contributed by atoms with Crippen molar-refractivity contribution in [3.63, 3.8) is 0 Å². The van der Waals surface area contributed by atoms with Crippen molar-refractivity contribution < 1.29 is 14.4 Å². The number of β-amino-alcohol motifs (C(OH)–C–C–N with tert-alkyl or cyclic N) is 1. The minimum absolute atomic E-state index is 0.291. The summed E-state index contributed by atoms with van der Waals surface area (Å²) in [6, 6.07) is 7.72. The molecule has 0 saturated carbocycles. The van der Waals surface area contributed by atoms with Gasteiger partial charge in [-0.05, 0) is 25.5 Å². The lowest BCUT2D eigenvalue weighted by Crippen LogP contribution is -2.43. The quantitative estimate of drug-likeness (QED) is 0.881. The summed E-state index contributed by atoms with van der Waals surface area (Å²) < 4.78 is 10.6. The number of rotatable bonds is 4. The Balaban J connectivity index is 1.79. The van der Waals surface area contributed by atoms with Crippen molar-refractivity contribution in [1.82, 2.24) is 15.5 Å². The van der Waals surface area contributed by atoms with Crippen molar-refractivity contribution in [3.8, 4) is 5.75 Å². The van der Waals surface area contributed by atoms with Crippen LogP contribution in [0.3, 0.4) is 0 Å². The van der Waals surface area contributed by atoms with Crippen LogP contribution in [-0.4, -0.2) is 35.4 Å². The van der Waals surface area contributed by atoms with E-state index in [4.69, 9.17) is 9.26 Å². The first-order valence-electron chi connectivity index (χ1n) is 7.09. The number of methoxy groups -OCH3 is 1. The summed E-state index contributed by atoms with van der Waals surface area (Å²) in [5, 5.41) is 17.7. The largest absolute Gasteiger partial charge is 0.496 e. The average molecular weight is 289 g/mol. The smallest absolute Gasteiger partial charge is 0.259 e. The Kier molecular flexibility index (Phi) is 3.90. The molecule has 0 bridgehead atoms. The predicted octanol–water partition coefficient (Wildman–Crippen LogP) is 1.24. The normalized spacial score (nSPS) is 22.2. The van der Waals surface area contributed by atoms with Gasteiger partial charge in [-0.25, -0.2) is 0 Å². The molecule has 0 radical (unpaired) electrons. The first kappa shape index (κ1) is 14.0. The van der Waals surface area contributed by atoms with E-state index in [1.165, 1.54) is 0 Å². The lowest BCUT2D eigenvalue weighted by Gasteiger charge is -2.28. The van der Waals surface area contributed by atoms with Crippen LogP contribution in [0.2, 0.25) is 0 Å². The SMILES string of the molecule is COc1ccccc1Cc1noc(C2(O)CCCNC2)n1. The molecule has 1 unspecified atom stereocenters. The average Bonchev–Trinajstić information content (AvgIpc) is 2.98. The molecule has 1 atom stereocenters. The molecule has 2 N–H and O–H groups in total. The minimum Gasteiger partial charge on any atom is -0.496 e. The maximum atomic E-state index is 10.5. The molecular weight excluding hydrogens is 270 g/mol. The van der Waals surface area contributed by atoms with Crippen LogP contribution in [0.1, 0.15) is 30.1 Å². The summed E-state index contributed by atoms with van der Waals surface area (Å²) >= 11 is 0. The number of aromatic nitrogens is 2. The highest BCUT2D eigenvalue weighted by atomic mass is 16.5. The molecule has 0 amide bonds. The number of benzene rings is 1. The van der Waals surface area contributed by atoms with E-state index >= 15 is 0 Å². The van der Waals surface area contributed by atoms with Crippen LogP contribution in [0.15, 0.2) is 28.8 Å². The Morgan fingerprint density at radius 3 is 3.05 bits per heavy atom. The summed E-state index contributed by atoms with van der Waals surface area (Å²) in [5.41, 5.74) is -0.0642. The Morgan fingerprint density at radius 2 is 2.29 bits per heavy atom. The number of piperidine rings is 1. The van der Waals surface area contributed by atoms with E-state index in [9.17, 15) is 5.11 Å². The summed E-state index contributed by atoms with van der Waals surface area (Å²) in [5.74, 6) is 1.63. The zero-order chi connectivity index (χ0) is 14.7. The van der Waals surface area contributed by atoms with Gasteiger partial charge < -0.3 is 19.7 Å². The van der Waals surface area contributed by atoms with Gasteiger partial charge in [0.1, 0.15) is 5.75 Å². The van der Waals surface area contributed by atoms with Gasteiger partial charge in [-0.1, -0.05) is 23.4 Å². The molecule has 6 nitrogen and oxygen atoms in total. The summed E-state index contributed by atoms with van der Waals surface area (Å²) in [7, 11) is 1.64. The zero-order valence-electron chi connectivity index (χ0n) is 12.0. The van der Waals surface area contributed by atoms with Crippen molar-refractivity contribution >= 4 is 0 Å². The highest BCUT2D eigenvalue weighted by molar-refractivity contribution is 5.35. The van der Waals surface area contributed by atoms with Gasteiger partial charge in [0.25, 0.3) is 5.89 Å². The Bertz CT molecular complexity index is 606. The molecule has 6 heteroatoms. The van der Waals surface area contributed by atoms with Crippen molar-refractivity contribution in [1.29, 1.82) is 0 Å². The molecule has 0 spiro atoms. The molecule has 1 saturated heterocycles. The van der Waals surface area contributed by atoms with E-state index in [-0.39, 0.29) is 0 Å². The van der Waals surface area contributed by atoms with Crippen LogP contribution < -0.4 is 10.1 Å². The molecule has 3 rings (SSSR count). The summed E-state index contributed by atoms with van der Waals surface area (Å²) in [6.45, 7) is 1.35. The highest BCUT2D eigenvalue weighted by Gasteiger charge is 2.37. The Hall–Kier alpha value is -1.92. The summed E-state index contributed by atoms with van der Waals surface area (Å²) in [6.07, 6.45) is 2.04. The van der Waals surface area contributed by atoms with Crippen molar-refractivity contribution in [2.75, 3.05) is 20.2 Å². The number of para-hydroxylation sites is 1. The second-order valence-electron chi connectivity index (χ2n) is 5.32. The number of nitrogens with zero attached hydrogens (tertiary/aromatic N) is 2. The van der Waals surface area contributed by atoms with Gasteiger partial charge in [0.15, 0.2) is 11.4 Å². The molecule has 112 valence electrons. The van der Waals surface area contributed by atoms with Crippen LogP contribution in [0.4, 0.5) is 0 Å². The van der Waals surface area contributed by atoms with E-state index in [1.807, 2.05) is 24.3 Å². The van der Waals surface area contributed by atoms with Gasteiger partial charge in [-0.2, -0.15) is 4.98 Å². The molecule has 2 aromatic rings. The Labute approximate surface area is 123 Å². The maximum absolute atomic E-state index is 10.5. The fourth-order valence-electron chi connectivity index (χ4n) is 2.61. The van der Waals surface area contributed by atoms with E-state index in [1.54, 1.807) is 7.11 Å². The van der Waals surface area contributed by atoms with Gasteiger partial charge >= 0.3 is 0 Å². The van der Waals surface area contributed by atoms with Crippen LogP contribution in [-0.2, 0) is 12.0 Å². The van der Waals surface area contributed by atoms with E-state index < -0.39 is 5.60 Å². The van der Waals surface area contributed by atoms with Crippen molar-refractivity contribution in [2.24, 2.45) is 0 Å². The third-order valence-corrected chi connectivity index (χ3v) is 3.77. The molecule has 21 heavy (non-hydrogen) atoms. The third-order valence-electron chi connectivity index (χ3n) is 3.77. The van der Waals surface area contributed by atoms with Gasteiger partial charge in [0.2, 0.25) is 0 Å². The molecule has 1 aromatic carbocycles. The van der Waals surface area contributed by atoms with Gasteiger partial charge in [-0.15, -0.1) is 0 Å². The number of nitrogens with one attached hydrogen (secondary N) is 1. The van der Waals surface area contributed by atoms with Gasteiger partial charge in [-0.3, -0.25) is 0 Å².